The molecule has 3 saturated carbocycles. The predicted octanol–water partition coefficient (Wildman–Crippen LogP) is 4.40. The lowest BCUT2D eigenvalue weighted by Gasteiger charge is -2.65. The van der Waals surface area contributed by atoms with Crippen molar-refractivity contribution in [2.45, 2.75) is 100 Å². The highest BCUT2D eigenvalue weighted by Gasteiger charge is 2.80. The fourth-order valence-electron chi connectivity index (χ4n) is 8.26. The molecule has 0 aromatic heterocycles. The first-order valence-electron chi connectivity index (χ1n) is 11.6. The van der Waals surface area contributed by atoms with Crippen molar-refractivity contribution < 1.29 is 33.0 Å². The molecule has 33 heavy (non-hydrogen) atoms. The Morgan fingerprint density at radius 1 is 1.21 bits per heavy atom. The van der Waals surface area contributed by atoms with Crippen LogP contribution in [0.5, 0.6) is 0 Å². The van der Waals surface area contributed by atoms with Crippen LogP contribution >= 0.6 is 23.2 Å². The van der Waals surface area contributed by atoms with Crippen molar-refractivity contribution in [2.75, 3.05) is 0 Å². The second kappa shape index (κ2) is 7.00. The summed E-state index contributed by atoms with van der Waals surface area (Å²) in [5, 5.41) is 11.2. The average molecular weight is 507 g/mol. The molecule has 0 aromatic rings. The smallest absolute Gasteiger partial charge is 0.299 e. The molecule has 0 unspecified atom stereocenters. The number of Topliss-reactive ketones (excluding diaryl/α,β-unsaturated/α-hetero) is 1. The maximum Gasteiger partial charge on any atom is 0.299 e. The van der Waals surface area contributed by atoms with Crippen LogP contribution < -0.4 is 0 Å². The van der Waals surface area contributed by atoms with Gasteiger partial charge in [0, 0.05) is 17.3 Å². The molecule has 4 fully saturated rings. The number of hydrogen-bond acceptors (Lipinski definition) is 5. The van der Waals surface area contributed by atoms with E-state index in [2.05, 4.69) is 0 Å². The number of halogens is 4. The molecule has 184 valence electrons. The highest BCUT2D eigenvalue weighted by Crippen LogP contribution is 2.73. The highest BCUT2D eigenvalue weighted by molar-refractivity contribution is 6.27. The molecular formula is C24H30Cl2F2O5. The molecule has 5 aliphatic rings. The monoisotopic (exact) mass is 506 g/mol. The lowest BCUT2D eigenvalue weighted by molar-refractivity contribution is -0.226. The Labute approximate surface area is 202 Å². The van der Waals surface area contributed by atoms with E-state index in [9.17, 15) is 23.5 Å². The van der Waals surface area contributed by atoms with Crippen molar-refractivity contribution in [3.05, 3.63) is 11.6 Å². The molecule has 4 aliphatic carbocycles. The van der Waals surface area contributed by atoms with Crippen LogP contribution in [0.2, 0.25) is 0 Å². The SMILES string of the molecule is CC1(C)O[C@@H]2C[C@H]3[C@@H]4C[C@H](Cl)C5=CC(=O)CC[C@]5(C)[C@@]4(Cl)[C@@H](O)C[C@]3(C)[C@]2(C(=O)C(F)F)O1. The molecule has 5 rings (SSSR count). The second-order valence-electron chi connectivity index (χ2n) is 11.5. The van der Waals surface area contributed by atoms with Gasteiger partial charge < -0.3 is 14.6 Å². The molecule has 5 nitrogen and oxygen atoms in total. The molecule has 9 heteroatoms. The second-order valence-corrected chi connectivity index (χ2v) is 12.6. The molecule has 0 bridgehead atoms. The predicted molar refractivity (Wildman–Crippen MR) is 117 cm³/mol. The Kier molecular flexibility index (Phi) is 5.11. The number of hydrogen-bond donors (Lipinski definition) is 1. The summed E-state index contributed by atoms with van der Waals surface area (Å²) in [7, 11) is 0. The summed E-state index contributed by atoms with van der Waals surface area (Å²) in [5.74, 6) is -3.24. The van der Waals surface area contributed by atoms with Gasteiger partial charge in [0.05, 0.1) is 22.5 Å². The molecule has 1 heterocycles. The fourth-order valence-corrected chi connectivity index (χ4v) is 9.27. The first kappa shape index (κ1) is 24.1. The Bertz CT molecular complexity index is 955. The van der Waals surface area contributed by atoms with Crippen molar-refractivity contribution in [1.82, 2.24) is 0 Å². The average Bonchev–Trinajstić information content (AvgIpc) is 3.11. The fraction of sp³-hybridized carbons (Fsp3) is 0.833. The van der Waals surface area contributed by atoms with Crippen molar-refractivity contribution in [1.29, 1.82) is 0 Å². The summed E-state index contributed by atoms with van der Waals surface area (Å²) in [6.45, 7) is 6.92. The Morgan fingerprint density at radius 3 is 2.52 bits per heavy atom. The first-order valence-corrected chi connectivity index (χ1v) is 12.4. The van der Waals surface area contributed by atoms with Gasteiger partial charge in [-0.05, 0) is 63.0 Å². The molecule has 0 aromatic carbocycles. The topological polar surface area (TPSA) is 72.8 Å². The van der Waals surface area contributed by atoms with Crippen LogP contribution in [0, 0.1) is 22.7 Å². The minimum atomic E-state index is -3.23. The van der Waals surface area contributed by atoms with Crippen LogP contribution in [0.15, 0.2) is 11.6 Å². The van der Waals surface area contributed by atoms with Gasteiger partial charge in [0.25, 0.3) is 6.43 Å². The van der Waals surface area contributed by atoms with Crippen LogP contribution in [-0.4, -0.2) is 56.9 Å². The van der Waals surface area contributed by atoms with E-state index in [0.717, 1.165) is 5.57 Å². The number of allylic oxidation sites excluding steroid dienone is 1. The zero-order valence-electron chi connectivity index (χ0n) is 19.2. The number of carbonyl (C=O) groups excluding carboxylic acids is 2. The van der Waals surface area contributed by atoms with Crippen molar-refractivity contribution >= 4 is 34.8 Å². The number of aliphatic hydroxyl groups is 1. The van der Waals surface area contributed by atoms with E-state index in [1.165, 1.54) is 0 Å². The van der Waals surface area contributed by atoms with Gasteiger partial charge in [-0.25, -0.2) is 8.78 Å². The van der Waals surface area contributed by atoms with E-state index < -0.39 is 56.9 Å². The van der Waals surface area contributed by atoms with Crippen molar-refractivity contribution in [3.8, 4) is 0 Å². The molecule has 9 atom stereocenters. The van der Waals surface area contributed by atoms with Gasteiger partial charge in [-0.1, -0.05) is 13.8 Å². The Balaban J connectivity index is 1.66. The summed E-state index contributed by atoms with van der Waals surface area (Å²) in [5.41, 5.74) is -3.01. The highest BCUT2D eigenvalue weighted by atomic mass is 35.5. The van der Waals surface area contributed by atoms with E-state index in [1.54, 1.807) is 26.8 Å². The minimum absolute atomic E-state index is 0.00976. The number of alkyl halides is 4. The largest absolute Gasteiger partial charge is 0.391 e. The third-order valence-electron chi connectivity index (χ3n) is 9.58. The van der Waals surface area contributed by atoms with Gasteiger partial charge >= 0.3 is 0 Å². The normalized spacial score (nSPS) is 52.6. The lowest BCUT2D eigenvalue weighted by atomic mass is 9.44. The van der Waals surface area contributed by atoms with Gasteiger partial charge in [-0.3, -0.25) is 9.59 Å². The molecule has 0 amide bonds. The third-order valence-corrected chi connectivity index (χ3v) is 10.9. The van der Waals surface area contributed by atoms with Crippen LogP contribution in [0.4, 0.5) is 8.78 Å². The number of fused-ring (bicyclic) bond motifs is 7. The van der Waals surface area contributed by atoms with E-state index in [-0.39, 0.29) is 24.0 Å². The van der Waals surface area contributed by atoms with Crippen LogP contribution in [-0.2, 0) is 19.1 Å². The number of rotatable bonds is 2. The van der Waals surface area contributed by atoms with Gasteiger partial charge in [0.15, 0.2) is 17.2 Å². The number of ether oxygens (including phenoxy) is 2. The number of aliphatic hydroxyl groups excluding tert-OH is 1. The summed E-state index contributed by atoms with van der Waals surface area (Å²) in [6, 6.07) is 0. The van der Waals surface area contributed by atoms with E-state index in [0.29, 0.717) is 25.7 Å². The van der Waals surface area contributed by atoms with Gasteiger partial charge in [-0.2, -0.15) is 0 Å². The maximum atomic E-state index is 13.9. The maximum absolute atomic E-state index is 13.9. The molecule has 0 spiro atoms. The molecule has 1 aliphatic heterocycles. The first-order chi connectivity index (χ1) is 15.1. The van der Waals surface area contributed by atoms with Gasteiger partial charge in [-0.15, -0.1) is 23.2 Å². The summed E-state index contributed by atoms with van der Waals surface area (Å²) in [6.07, 6.45) is -2.22. The molecular weight excluding hydrogens is 477 g/mol. The Morgan fingerprint density at radius 2 is 1.88 bits per heavy atom. The molecule has 1 saturated heterocycles. The van der Waals surface area contributed by atoms with Crippen molar-refractivity contribution in [2.24, 2.45) is 22.7 Å². The number of ketones is 2. The zero-order valence-corrected chi connectivity index (χ0v) is 20.7. The zero-order chi connectivity index (χ0) is 24.4. The van der Waals surface area contributed by atoms with Crippen LogP contribution in [0.25, 0.3) is 0 Å². The molecule has 0 radical (unpaired) electrons. The summed E-state index contributed by atoms with van der Waals surface area (Å²) < 4.78 is 40.0. The Hall–Kier alpha value is -0.600. The van der Waals surface area contributed by atoms with Crippen LogP contribution in [0.3, 0.4) is 0 Å². The van der Waals surface area contributed by atoms with Crippen molar-refractivity contribution in [3.63, 3.8) is 0 Å². The van der Waals surface area contributed by atoms with Crippen LogP contribution in [0.1, 0.15) is 59.8 Å². The third kappa shape index (κ3) is 2.75. The standard InChI is InChI=1S/C24H30Cl2F2O5/c1-20(2)32-17-9-12-13-8-15(25)14-7-11(29)5-6-21(14,3)23(13,26)16(30)10-22(12,4)24(17,33-20)18(31)19(27)28/h7,12-13,15-17,19,30H,5-6,8-10H2,1-4H3/t12-,13-,15-,16-,17+,21-,22-,23-,24-/m0/s1. The summed E-state index contributed by atoms with van der Waals surface area (Å²) in [4.78, 5) is 24.1. The molecule has 1 N–H and O–H groups in total. The van der Waals surface area contributed by atoms with E-state index >= 15 is 0 Å². The van der Waals surface area contributed by atoms with E-state index in [4.69, 9.17) is 32.7 Å². The van der Waals surface area contributed by atoms with Gasteiger partial charge in [0.1, 0.15) is 0 Å². The number of carbonyl (C=O) groups is 2. The van der Waals surface area contributed by atoms with E-state index in [1.807, 2.05) is 6.92 Å². The van der Waals surface area contributed by atoms with Gasteiger partial charge in [0.2, 0.25) is 5.78 Å². The minimum Gasteiger partial charge on any atom is -0.391 e. The lowest BCUT2D eigenvalue weighted by Crippen LogP contribution is -2.71. The quantitative estimate of drug-likeness (QED) is 0.561. The summed E-state index contributed by atoms with van der Waals surface area (Å²) >= 11 is 14.2.